The van der Waals surface area contributed by atoms with Crippen LogP contribution in [-0.4, -0.2) is 36.4 Å². The predicted molar refractivity (Wildman–Crippen MR) is 256 cm³/mol. The third-order valence-electron chi connectivity index (χ3n) is 12.3. The normalized spacial score (nSPS) is 12.1. The van der Waals surface area contributed by atoms with E-state index in [9.17, 15) is 14.7 Å². The van der Waals surface area contributed by atoms with Gasteiger partial charge in [0.15, 0.2) is 6.10 Å². The standard InChI is InChI=1S/C54H104O5/c1-3-5-7-9-11-13-15-17-18-19-20-21-22-23-24-25-26-27-28-29-30-31-32-33-34-35-36-37-39-41-43-45-47-49-54(57)59-52(50-55)51-58-53(56)48-46-44-42-40-38-16-14-12-10-8-6-4-2/h19-20,52,55H,3-18,21-51H2,1-2H3/b20-19-. The number of hydrogen-bond acceptors (Lipinski definition) is 5. The Hall–Kier alpha value is -1.36. The summed E-state index contributed by atoms with van der Waals surface area (Å²) in [5.41, 5.74) is 0. The van der Waals surface area contributed by atoms with E-state index in [1.54, 1.807) is 0 Å². The summed E-state index contributed by atoms with van der Waals surface area (Å²) in [7, 11) is 0. The van der Waals surface area contributed by atoms with Gasteiger partial charge in [0, 0.05) is 12.8 Å². The first-order valence-corrected chi connectivity index (χ1v) is 26.7. The smallest absolute Gasteiger partial charge is 0.306 e. The van der Waals surface area contributed by atoms with Gasteiger partial charge in [-0.2, -0.15) is 0 Å². The Morgan fingerprint density at radius 1 is 0.373 bits per heavy atom. The lowest BCUT2D eigenvalue weighted by Gasteiger charge is -2.15. The average molecular weight is 833 g/mol. The van der Waals surface area contributed by atoms with Gasteiger partial charge in [0.1, 0.15) is 6.61 Å². The van der Waals surface area contributed by atoms with Crippen molar-refractivity contribution in [2.75, 3.05) is 13.2 Å². The highest BCUT2D eigenvalue weighted by Crippen LogP contribution is 2.17. The maximum atomic E-state index is 12.2. The number of carbonyl (C=O) groups excluding carboxylic acids is 2. The zero-order chi connectivity index (χ0) is 42.8. The maximum absolute atomic E-state index is 12.2. The van der Waals surface area contributed by atoms with Gasteiger partial charge in [0.2, 0.25) is 0 Å². The first-order valence-electron chi connectivity index (χ1n) is 26.7. The van der Waals surface area contributed by atoms with Crippen molar-refractivity contribution in [3.05, 3.63) is 12.2 Å². The van der Waals surface area contributed by atoms with Crippen LogP contribution >= 0.6 is 0 Å². The van der Waals surface area contributed by atoms with Crippen LogP contribution in [0.3, 0.4) is 0 Å². The summed E-state index contributed by atoms with van der Waals surface area (Å²) in [6.07, 6.45) is 61.9. The fraction of sp³-hybridized carbons (Fsp3) is 0.926. The molecule has 1 N–H and O–H groups in total. The molecule has 5 nitrogen and oxygen atoms in total. The summed E-state index contributed by atoms with van der Waals surface area (Å²) in [6.45, 7) is 4.17. The Kier molecular flexibility index (Phi) is 49.8. The van der Waals surface area contributed by atoms with Gasteiger partial charge in [-0.1, -0.05) is 264 Å². The van der Waals surface area contributed by atoms with E-state index in [1.807, 2.05) is 0 Å². The number of aliphatic hydroxyl groups excluding tert-OH is 1. The van der Waals surface area contributed by atoms with Crippen LogP contribution in [0, 0.1) is 0 Å². The molecule has 0 radical (unpaired) electrons. The predicted octanol–water partition coefficient (Wildman–Crippen LogP) is 17.6. The summed E-state index contributed by atoms with van der Waals surface area (Å²) < 4.78 is 10.7. The minimum absolute atomic E-state index is 0.0578. The molecule has 0 spiro atoms. The highest BCUT2D eigenvalue weighted by atomic mass is 16.6. The Morgan fingerprint density at radius 2 is 0.627 bits per heavy atom. The number of hydrogen-bond donors (Lipinski definition) is 1. The number of carbonyl (C=O) groups is 2. The molecule has 0 amide bonds. The van der Waals surface area contributed by atoms with Crippen LogP contribution in [0.2, 0.25) is 0 Å². The van der Waals surface area contributed by atoms with Crippen molar-refractivity contribution in [2.24, 2.45) is 0 Å². The van der Waals surface area contributed by atoms with Crippen molar-refractivity contribution in [3.8, 4) is 0 Å². The summed E-state index contributed by atoms with van der Waals surface area (Å²) in [6, 6.07) is 0. The van der Waals surface area contributed by atoms with E-state index in [0.29, 0.717) is 12.8 Å². The second kappa shape index (κ2) is 51.0. The topological polar surface area (TPSA) is 72.8 Å². The molecule has 0 aromatic rings. The summed E-state index contributed by atoms with van der Waals surface area (Å²) in [5, 5.41) is 9.60. The molecule has 0 saturated carbocycles. The molecule has 0 rings (SSSR count). The van der Waals surface area contributed by atoms with Gasteiger partial charge in [-0.3, -0.25) is 9.59 Å². The number of allylic oxidation sites excluding steroid dienone is 2. The van der Waals surface area contributed by atoms with Gasteiger partial charge in [-0.15, -0.1) is 0 Å². The lowest BCUT2D eigenvalue weighted by Crippen LogP contribution is -2.28. The molecule has 1 atom stereocenters. The van der Waals surface area contributed by atoms with Crippen LogP contribution in [0.1, 0.15) is 303 Å². The summed E-state index contributed by atoms with van der Waals surface area (Å²) in [5.74, 6) is -0.572. The van der Waals surface area contributed by atoms with Gasteiger partial charge in [-0.05, 0) is 38.5 Å². The van der Waals surface area contributed by atoms with E-state index in [4.69, 9.17) is 9.47 Å². The Balaban J connectivity index is 3.36. The van der Waals surface area contributed by atoms with Crippen LogP contribution in [-0.2, 0) is 19.1 Å². The molecule has 0 aliphatic carbocycles. The fourth-order valence-corrected chi connectivity index (χ4v) is 8.26. The van der Waals surface area contributed by atoms with Crippen molar-refractivity contribution in [1.29, 1.82) is 0 Å². The lowest BCUT2D eigenvalue weighted by atomic mass is 10.0. The SMILES string of the molecule is CCCCCCCCCC/C=C\CCCCCCCCCCCCCCCCCCCCCCCC(=O)OC(CO)COC(=O)CCCCCCCCCCCCCC. The Morgan fingerprint density at radius 3 is 0.915 bits per heavy atom. The highest BCUT2D eigenvalue weighted by Gasteiger charge is 2.16. The van der Waals surface area contributed by atoms with E-state index in [0.717, 1.165) is 32.1 Å². The van der Waals surface area contributed by atoms with Gasteiger partial charge in [0.05, 0.1) is 6.61 Å². The molecule has 0 saturated heterocycles. The molecule has 0 aliphatic heterocycles. The second-order valence-corrected chi connectivity index (χ2v) is 18.3. The van der Waals surface area contributed by atoms with E-state index < -0.39 is 6.10 Å². The third-order valence-corrected chi connectivity index (χ3v) is 12.3. The van der Waals surface area contributed by atoms with Crippen molar-refractivity contribution in [2.45, 2.75) is 309 Å². The number of unbranched alkanes of at least 4 members (excludes halogenated alkanes) is 40. The molecule has 1 unspecified atom stereocenters. The van der Waals surface area contributed by atoms with Crippen molar-refractivity contribution >= 4 is 11.9 Å². The molecule has 0 aromatic carbocycles. The summed E-state index contributed by atoms with van der Waals surface area (Å²) >= 11 is 0. The molecule has 0 aromatic heterocycles. The van der Waals surface area contributed by atoms with Crippen molar-refractivity contribution in [3.63, 3.8) is 0 Å². The molecule has 0 aliphatic rings. The van der Waals surface area contributed by atoms with Crippen LogP contribution in [0.4, 0.5) is 0 Å². The van der Waals surface area contributed by atoms with E-state index >= 15 is 0 Å². The third kappa shape index (κ3) is 49.2. The first-order chi connectivity index (χ1) is 29.1. The number of rotatable bonds is 50. The lowest BCUT2D eigenvalue weighted by molar-refractivity contribution is -0.161. The molecular weight excluding hydrogens is 729 g/mol. The van der Waals surface area contributed by atoms with Gasteiger partial charge < -0.3 is 14.6 Å². The van der Waals surface area contributed by atoms with Gasteiger partial charge in [0.25, 0.3) is 0 Å². The quantitative estimate of drug-likeness (QED) is 0.0375. The summed E-state index contributed by atoms with van der Waals surface area (Å²) in [4.78, 5) is 24.4. The van der Waals surface area contributed by atoms with Gasteiger partial charge in [-0.25, -0.2) is 0 Å². The zero-order valence-electron chi connectivity index (χ0n) is 40.0. The maximum Gasteiger partial charge on any atom is 0.306 e. The molecule has 5 heteroatoms. The highest BCUT2D eigenvalue weighted by molar-refractivity contribution is 5.70. The van der Waals surface area contributed by atoms with Crippen LogP contribution in [0.25, 0.3) is 0 Å². The Bertz CT molecular complexity index is 856. The Labute approximate surface area is 369 Å². The largest absolute Gasteiger partial charge is 0.462 e. The fourth-order valence-electron chi connectivity index (χ4n) is 8.26. The number of ether oxygens (including phenoxy) is 2. The van der Waals surface area contributed by atoms with Gasteiger partial charge >= 0.3 is 11.9 Å². The average Bonchev–Trinajstić information content (AvgIpc) is 3.24. The van der Waals surface area contributed by atoms with E-state index in [2.05, 4.69) is 26.0 Å². The van der Waals surface area contributed by atoms with Crippen molar-refractivity contribution < 1.29 is 24.2 Å². The minimum atomic E-state index is -0.764. The monoisotopic (exact) mass is 833 g/mol. The van der Waals surface area contributed by atoms with E-state index in [-0.39, 0.29) is 25.2 Å². The van der Waals surface area contributed by atoms with Crippen LogP contribution < -0.4 is 0 Å². The minimum Gasteiger partial charge on any atom is -0.462 e. The molecule has 0 heterocycles. The molecule has 350 valence electrons. The molecular formula is C54H104O5. The van der Waals surface area contributed by atoms with E-state index in [1.165, 1.54) is 244 Å². The second-order valence-electron chi connectivity index (χ2n) is 18.3. The first kappa shape index (κ1) is 57.6. The number of aliphatic hydroxyl groups is 1. The number of esters is 2. The van der Waals surface area contributed by atoms with Crippen molar-refractivity contribution in [1.82, 2.24) is 0 Å². The molecule has 59 heavy (non-hydrogen) atoms. The zero-order valence-corrected chi connectivity index (χ0v) is 40.0. The molecule has 0 fully saturated rings. The van der Waals surface area contributed by atoms with Crippen LogP contribution in [0.15, 0.2) is 12.2 Å². The van der Waals surface area contributed by atoms with Crippen LogP contribution in [0.5, 0.6) is 0 Å². The molecule has 0 bridgehead atoms.